The Morgan fingerprint density at radius 1 is 1.21 bits per heavy atom. The Morgan fingerprint density at radius 2 is 1.79 bits per heavy atom. The zero-order chi connectivity index (χ0) is 9.76. The van der Waals surface area contributed by atoms with Gasteiger partial charge in [0.1, 0.15) is 0 Å². The fourth-order valence-corrected chi connectivity index (χ4v) is 2.90. The van der Waals surface area contributed by atoms with Gasteiger partial charge < -0.3 is 5.73 Å². The highest BCUT2D eigenvalue weighted by Crippen LogP contribution is 2.61. The molecule has 0 saturated heterocycles. The highest BCUT2D eigenvalue weighted by Gasteiger charge is 2.58. The van der Waals surface area contributed by atoms with Crippen LogP contribution in [-0.4, -0.2) is 6.04 Å². The lowest BCUT2D eigenvalue weighted by Crippen LogP contribution is -2.15. The van der Waals surface area contributed by atoms with E-state index in [0.29, 0.717) is 11.5 Å². The van der Waals surface area contributed by atoms with Gasteiger partial charge in [-0.05, 0) is 48.3 Å². The van der Waals surface area contributed by atoms with E-state index in [-0.39, 0.29) is 0 Å². The predicted molar refractivity (Wildman–Crippen MR) is 61.1 cm³/mol. The van der Waals surface area contributed by atoms with Gasteiger partial charge in [0.2, 0.25) is 0 Å². The lowest BCUT2D eigenvalue weighted by molar-refractivity contribution is 0.578. The Kier molecular flexibility index (Phi) is 1.80. The van der Waals surface area contributed by atoms with Crippen LogP contribution in [0.1, 0.15) is 24.8 Å². The third-order valence-corrected chi connectivity index (χ3v) is 4.29. The molecule has 0 spiro atoms. The summed E-state index contributed by atoms with van der Waals surface area (Å²) in [4.78, 5) is 0. The summed E-state index contributed by atoms with van der Waals surface area (Å²) in [6, 6.07) is 9.26. The first kappa shape index (κ1) is 8.93. The molecule has 2 unspecified atom stereocenters. The molecule has 2 heteroatoms. The van der Waals surface area contributed by atoms with E-state index in [1.165, 1.54) is 24.8 Å². The van der Waals surface area contributed by atoms with Gasteiger partial charge in [-0.1, -0.05) is 28.1 Å². The Bertz CT molecular complexity index is 353. The van der Waals surface area contributed by atoms with Gasteiger partial charge in [-0.15, -0.1) is 0 Å². The molecule has 0 heterocycles. The minimum Gasteiger partial charge on any atom is -0.327 e. The Morgan fingerprint density at radius 3 is 2.21 bits per heavy atom. The summed E-state index contributed by atoms with van der Waals surface area (Å²) in [5.74, 6) is 0.767. The zero-order valence-corrected chi connectivity index (χ0v) is 9.63. The Balaban J connectivity index is 1.91. The van der Waals surface area contributed by atoms with Gasteiger partial charge in [-0.2, -0.15) is 0 Å². The van der Waals surface area contributed by atoms with E-state index in [2.05, 4.69) is 40.2 Å². The van der Waals surface area contributed by atoms with Gasteiger partial charge in [0, 0.05) is 10.5 Å². The van der Waals surface area contributed by atoms with Crippen LogP contribution in [-0.2, 0) is 5.41 Å². The van der Waals surface area contributed by atoms with E-state index in [0.717, 1.165) is 10.4 Å². The molecule has 0 aliphatic heterocycles. The molecule has 0 amide bonds. The van der Waals surface area contributed by atoms with Crippen LogP contribution >= 0.6 is 15.9 Å². The molecule has 2 atom stereocenters. The molecule has 2 fully saturated rings. The molecule has 2 aliphatic carbocycles. The average Bonchev–Trinajstić information content (AvgIpc) is 3.02. The lowest BCUT2D eigenvalue weighted by Gasteiger charge is -2.14. The van der Waals surface area contributed by atoms with Crippen LogP contribution in [0.25, 0.3) is 0 Å². The van der Waals surface area contributed by atoms with Crippen molar-refractivity contribution < 1.29 is 0 Å². The third kappa shape index (κ3) is 1.24. The summed E-state index contributed by atoms with van der Waals surface area (Å²) in [7, 11) is 0. The van der Waals surface area contributed by atoms with Crippen molar-refractivity contribution in [3.63, 3.8) is 0 Å². The summed E-state index contributed by atoms with van der Waals surface area (Å²) in [5, 5.41) is 0. The first-order valence-corrected chi connectivity index (χ1v) is 6.03. The molecule has 3 rings (SSSR count). The molecule has 1 aromatic carbocycles. The largest absolute Gasteiger partial charge is 0.327 e. The topological polar surface area (TPSA) is 26.0 Å². The van der Waals surface area contributed by atoms with Gasteiger partial charge in [-0.3, -0.25) is 0 Å². The SMILES string of the molecule is NC1CC1C1(c2ccc(Br)cc2)CC1. The number of halogens is 1. The minimum absolute atomic E-state index is 0.472. The van der Waals surface area contributed by atoms with Crippen LogP contribution < -0.4 is 5.73 Å². The van der Waals surface area contributed by atoms with E-state index in [1.54, 1.807) is 0 Å². The normalized spacial score (nSPS) is 32.7. The molecule has 2 saturated carbocycles. The molecular weight excluding hydrogens is 238 g/mol. The molecule has 2 aliphatic rings. The van der Waals surface area contributed by atoms with E-state index >= 15 is 0 Å². The first-order valence-electron chi connectivity index (χ1n) is 5.24. The van der Waals surface area contributed by atoms with Crippen LogP contribution in [0.5, 0.6) is 0 Å². The van der Waals surface area contributed by atoms with Crippen molar-refractivity contribution in [1.82, 2.24) is 0 Å². The second kappa shape index (κ2) is 2.83. The van der Waals surface area contributed by atoms with Crippen LogP contribution in [0.3, 0.4) is 0 Å². The summed E-state index contributed by atoms with van der Waals surface area (Å²) in [6.45, 7) is 0. The summed E-state index contributed by atoms with van der Waals surface area (Å²) < 4.78 is 1.16. The molecule has 74 valence electrons. The summed E-state index contributed by atoms with van der Waals surface area (Å²) >= 11 is 3.47. The molecule has 2 N–H and O–H groups in total. The van der Waals surface area contributed by atoms with Gasteiger partial charge in [0.05, 0.1) is 0 Å². The van der Waals surface area contributed by atoms with E-state index < -0.39 is 0 Å². The maximum Gasteiger partial charge on any atom is 0.0175 e. The van der Waals surface area contributed by atoms with Crippen molar-refractivity contribution in [1.29, 1.82) is 0 Å². The predicted octanol–water partition coefficient (Wildman–Crippen LogP) is 2.83. The van der Waals surface area contributed by atoms with Gasteiger partial charge >= 0.3 is 0 Å². The maximum atomic E-state index is 5.95. The van der Waals surface area contributed by atoms with Crippen molar-refractivity contribution in [2.75, 3.05) is 0 Å². The highest BCUT2D eigenvalue weighted by molar-refractivity contribution is 9.10. The average molecular weight is 252 g/mol. The van der Waals surface area contributed by atoms with Gasteiger partial charge in [0.25, 0.3) is 0 Å². The molecule has 14 heavy (non-hydrogen) atoms. The number of hydrogen-bond donors (Lipinski definition) is 1. The number of rotatable bonds is 2. The molecule has 0 aromatic heterocycles. The number of hydrogen-bond acceptors (Lipinski definition) is 1. The monoisotopic (exact) mass is 251 g/mol. The van der Waals surface area contributed by atoms with Crippen molar-refractivity contribution >= 4 is 15.9 Å². The summed E-state index contributed by atoms with van der Waals surface area (Å²) in [6.07, 6.45) is 3.91. The van der Waals surface area contributed by atoms with Crippen LogP contribution in [0, 0.1) is 5.92 Å². The van der Waals surface area contributed by atoms with E-state index in [9.17, 15) is 0 Å². The molecule has 0 bridgehead atoms. The van der Waals surface area contributed by atoms with Gasteiger partial charge in [0.15, 0.2) is 0 Å². The molecule has 0 radical (unpaired) electrons. The molecule has 1 aromatic rings. The second-order valence-corrected chi connectivity index (χ2v) is 5.58. The third-order valence-electron chi connectivity index (χ3n) is 3.76. The standard InChI is InChI=1S/C12H14BrN/c13-9-3-1-8(2-4-9)12(5-6-12)10-7-11(10)14/h1-4,10-11H,5-7,14H2. The molecular formula is C12H14BrN. The molecule has 1 nitrogen and oxygen atoms in total. The van der Waals surface area contributed by atoms with Crippen LogP contribution in [0.15, 0.2) is 28.7 Å². The second-order valence-electron chi connectivity index (χ2n) is 4.67. The quantitative estimate of drug-likeness (QED) is 0.860. The fourth-order valence-electron chi connectivity index (χ4n) is 2.64. The van der Waals surface area contributed by atoms with Crippen LogP contribution in [0.4, 0.5) is 0 Å². The van der Waals surface area contributed by atoms with Gasteiger partial charge in [-0.25, -0.2) is 0 Å². The lowest BCUT2D eigenvalue weighted by atomic mass is 9.90. The number of nitrogens with two attached hydrogens (primary N) is 1. The van der Waals surface area contributed by atoms with E-state index in [1.807, 2.05) is 0 Å². The van der Waals surface area contributed by atoms with E-state index in [4.69, 9.17) is 5.73 Å². The Hall–Kier alpha value is -0.340. The fraction of sp³-hybridized carbons (Fsp3) is 0.500. The van der Waals surface area contributed by atoms with Crippen molar-refractivity contribution in [2.45, 2.75) is 30.7 Å². The highest BCUT2D eigenvalue weighted by atomic mass is 79.9. The van der Waals surface area contributed by atoms with Crippen LogP contribution in [0.2, 0.25) is 0 Å². The minimum atomic E-state index is 0.472. The smallest absolute Gasteiger partial charge is 0.0175 e. The van der Waals surface area contributed by atoms with Crippen molar-refractivity contribution in [3.8, 4) is 0 Å². The zero-order valence-electron chi connectivity index (χ0n) is 8.04. The summed E-state index contributed by atoms with van der Waals surface area (Å²) in [5.41, 5.74) is 7.92. The van der Waals surface area contributed by atoms with Crippen molar-refractivity contribution in [3.05, 3.63) is 34.3 Å². The number of benzene rings is 1. The Labute approximate surface area is 92.8 Å². The maximum absolute atomic E-state index is 5.95. The van der Waals surface area contributed by atoms with Crippen molar-refractivity contribution in [2.24, 2.45) is 11.7 Å². The first-order chi connectivity index (χ1) is 6.72.